The predicted octanol–water partition coefficient (Wildman–Crippen LogP) is 4.98. The van der Waals surface area contributed by atoms with E-state index in [2.05, 4.69) is 25.4 Å². The lowest BCUT2D eigenvalue weighted by molar-refractivity contribution is 0.101. The monoisotopic (exact) mass is 526 g/mol. The largest absolute Gasteiger partial charge is 0.493 e. The molecule has 1 aromatic carbocycles. The summed E-state index contributed by atoms with van der Waals surface area (Å²) in [6.45, 7) is 4.14. The van der Waals surface area contributed by atoms with Crippen molar-refractivity contribution >= 4 is 22.6 Å². The number of anilines is 1. The Labute approximate surface area is 224 Å². The molecule has 4 heterocycles. The van der Waals surface area contributed by atoms with Crippen LogP contribution in [0.1, 0.15) is 23.0 Å². The zero-order valence-corrected chi connectivity index (χ0v) is 21.8. The Morgan fingerprint density at radius 1 is 0.949 bits per heavy atom. The molecule has 0 bridgehead atoms. The first-order valence-corrected chi connectivity index (χ1v) is 12.1. The highest BCUT2D eigenvalue weighted by Gasteiger charge is 2.20. The third-order valence-electron chi connectivity index (χ3n) is 5.85. The Morgan fingerprint density at radius 2 is 1.77 bits per heavy atom. The van der Waals surface area contributed by atoms with Crippen molar-refractivity contribution in [2.24, 2.45) is 0 Å². The summed E-state index contributed by atoms with van der Waals surface area (Å²) < 4.78 is 24.1. The van der Waals surface area contributed by atoms with Crippen molar-refractivity contribution < 1.29 is 23.7 Å². The summed E-state index contributed by atoms with van der Waals surface area (Å²) >= 11 is 0. The number of aryl methyl sites for hydroxylation is 1. The number of rotatable bonds is 9. The minimum atomic E-state index is -0.453. The molecule has 198 valence electrons. The summed E-state index contributed by atoms with van der Waals surface area (Å²) in [6.07, 6.45) is 8.24. The fourth-order valence-corrected chi connectivity index (χ4v) is 3.98. The molecule has 0 atom stereocenters. The highest BCUT2D eigenvalue weighted by molar-refractivity contribution is 6.04. The average Bonchev–Trinajstić information content (AvgIpc) is 3.37. The molecule has 5 rings (SSSR count). The highest BCUT2D eigenvalue weighted by atomic mass is 16.5. The Hall–Kier alpha value is -5.19. The number of ether oxygens (including phenoxy) is 4. The Kier molecular flexibility index (Phi) is 7.21. The maximum Gasteiger partial charge on any atom is 0.281 e. The molecule has 0 spiro atoms. The van der Waals surface area contributed by atoms with Gasteiger partial charge in [-0.15, -0.1) is 0 Å². The van der Waals surface area contributed by atoms with Gasteiger partial charge in [0, 0.05) is 30.0 Å². The third-order valence-corrected chi connectivity index (χ3v) is 5.85. The maximum atomic E-state index is 13.1. The molecule has 11 nitrogen and oxygen atoms in total. The third kappa shape index (κ3) is 5.28. The number of aromatic nitrogens is 5. The van der Waals surface area contributed by atoms with Crippen LogP contribution in [0.15, 0.2) is 67.4 Å². The van der Waals surface area contributed by atoms with Crippen LogP contribution in [0.4, 0.5) is 5.82 Å². The van der Waals surface area contributed by atoms with Gasteiger partial charge >= 0.3 is 0 Å². The standard InChI is InChI=1S/C28H26N6O5/c1-5-38-25-16-34(21-8-10-29-14-17(21)2)33-27(25)28(35)32-26-7-6-18(15-31-26)39-22-9-11-30-20-13-24(37-4)23(36-3)12-19(20)22/h6-16H,5H2,1-4H3,(H,31,32,35). The molecule has 11 heteroatoms. The van der Waals surface area contributed by atoms with Crippen molar-refractivity contribution in [3.8, 4) is 34.4 Å². The molecule has 1 N–H and O–H groups in total. The van der Waals surface area contributed by atoms with Gasteiger partial charge in [0.25, 0.3) is 5.91 Å². The topological polar surface area (TPSA) is 123 Å². The van der Waals surface area contributed by atoms with Crippen LogP contribution in [0.3, 0.4) is 0 Å². The molecule has 0 aliphatic rings. The molecular formula is C28H26N6O5. The fraction of sp³-hybridized carbons (Fsp3) is 0.179. The van der Waals surface area contributed by atoms with Crippen molar-refractivity contribution in [1.29, 1.82) is 0 Å². The summed E-state index contributed by atoms with van der Waals surface area (Å²) in [6, 6.07) is 10.5. The molecule has 0 aliphatic heterocycles. The number of hydrogen-bond acceptors (Lipinski definition) is 9. The van der Waals surface area contributed by atoms with E-state index in [-0.39, 0.29) is 5.69 Å². The predicted molar refractivity (Wildman–Crippen MR) is 144 cm³/mol. The smallest absolute Gasteiger partial charge is 0.281 e. The average molecular weight is 527 g/mol. The summed E-state index contributed by atoms with van der Waals surface area (Å²) in [5.41, 5.74) is 2.53. The Morgan fingerprint density at radius 3 is 2.49 bits per heavy atom. The number of benzene rings is 1. The van der Waals surface area contributed by atoms with Crippen LogP contribution in [0.2, 0.25) is 0 Å². The van der Waals surface area contributed by atoms with Crippen LogP contribution < -0.4 is 24.3 Å². The second-order valence-corrected chi connectivity index (χ2v) is 8.35. The van der Waals surface area contributed by atoms with Crippen molar-refractivity contribution in [2.75, 3.05) is 26.1 Å². The molecule has 0 aliphatic carbocycles. The van der Waals surface area contributed by atoms with E-state index in [1.807, 2.05) is 19.9 Å². The Bertz CT molecular complexity index is 1630. The van der Waals surface area contributed by atoms with Crippen molar-refractivity contribution in [2.45, 2.75) is 13.8 Å². The second kappa shape index (κ2) is 11.1. The van der Waals surface area contributed by atoms with Crippen LogP contribution in [0.25, 0.3) is 16.6 Å². The second-order valence-electron chi connectivity index (χ2n) is 8.35. The first kappa shape index (κ1) is 25.5. The van der Waals surface area contributed by atoms with Crippen LogP contribution >= 0.6 is 0 Å². The number of hydrogen-bond donors (Lipinski definition) is 1. The number of carbonyl (C=O) groups is 1. The Balaban J connectivity index is 1.35. The van der Waals surface area contributed by atoms with E-state index >= 15 is 0 Å². The van der Waals surface area contributed by atoms with Gasteiger partial charge in [0.15, 0.2) is 22.9 Å². The fourth-order valence-electron chi connectivity index (χ4n) is 3.98. The van der Waals surface area contributed by atoms with Crippen LogP contribution in [-0.2, 0) is 0 Å². The van der Waals surface area contributed by atoms with Gasteiger partial charge in [-0.1, -0.05) is 0 Å². The lowest BCUT2D eigenvalue weighted by Crippen LogP contribution is -2.15. The maximum absolute atomic E-state index is 13.1. The van der Waals surface area contributed by atoms with Gasteiger partial charge in [0.05, 0.1) is 44.4 Å². The van der Waals surface area contributed by atoms with Crippen LogP contribution in [-0.4, -0.2) is 51.5 Å². The van der Waals surface area contributed by atoms with Gasteiger partial charge in [-0.05, 0) is 49.7 Å². The summed E-state index contributed by atoms with van der Waals surface area (Å²) in [5, 5.41) is 7.98. The van der Waals surface area contributed by atoms with Crippen LogP contribution in [0.5, 0.6) is 28.7 Å². The van der Waals surface area contributed by atoms with E-state index in [9.17, 15) is 4.79 Å². The number of amides is 1. The van der Waals surface area contributed by atoms with E-state index in [0.717, 1.165) is 16.6 Å². The number of fused-ring (bicyclic) bond motifs is 1. The lowest BCUT2D eigenvalue weighted by Gasteiger charge is -2.12. The summed E-state index contributed by atoms with van der Waals surface area (Å²) in [5.74, 6) is 2.42. The molecule has 1 amide bonds. The van der Waals surface area contributed by atoms with E-state index in [1.165, 1.54) is 6.20 Å². The molecule has 0 fully saturated rings. The minimum Gasteiger partial charge on any atom is -0.493 e. The lowest BCUT2D eigenvalue weighted by atomic mass is 10.2. The van der Waals surface area contributed by atoms with E-state index in [1.54, 1.807) is 74.0 Å². The van der Waals surface area contributed by atoms with Gasteiger partial charge in [0.1, 0.15) is 17.3 Å². The minimum absolute atomic E-state index is 0.141. The van der Waals surface area contributed by atoms with Gasteiger partial charge in [-0.25, -0.2) is 9.67 Å². The molecule has 0 unspecified atom stereocenters. The number of carbonyl (C=O) groups excluding carboxylic acids is 1. The quantitative estimate of drug-likeness (QED) is 0.283. The van der Waals surface area contributed by atoms with Crippen molar-refractivity contribution in [3.05, 3.63) is 78.6 Å². The van der Waals surface area contributed by atoms with E-state index in [0.29, 0.717) is 46.7 Å². The normalized spacial score (nSPS) is 10.8. The molecular weight excluding hydrogens is 500 g/mol. The van der Waals surface area contributed by atoms with Gasteiger partial charge in [-0.2, -0.15) is 5.10 Å². The first-order valence-electron chi connectivity index (χ1n) is 12.1. The van der Waals surface area contributed by atoms with Gasteiger partial charge < -0.3 is 24.3 Å². The first-order chi connectivity index (χ1) is 19.0. The van der Waals surface area contributed by atoms with Crippen LogP contribution in [0, 0.1) is 6.92 Å². The molecule has 0 saturated heterocycles. The zero-order valence-electron chi connectivity index (χ0n) is 21.8. The van der Waals surface area contributed by atoms with Crippen molar-refractivity contribution in [1.82, 2.24) is 24.7 Å². The van der Waals surface area contributed by atoms with Gasteiger partial charge in [0.2, 0.25) is 0 Å². The SMILES string of the molecule is CCOc1cn(-c2ccncc2C)nc1C(=O)Nc1ccc(Oc2ccnc3cc(OC)c(OC)cc23)cn1. The molecule has 0 saturated carbocycles. The molecule has 0 radical (unpaired) electrons. The highest BCUT2D eigenvalue weighted by Crippen LogP contribution is 2.36. The van der Waals surface area contributed by atoms with E-state index < -0.39 is 5.91 Å². The molecule has 4 aromatic heterocycles. The summed E-state index contributed by atoms with van der Waals surface area (Å²) in [4.78, 5) is 25.9. The number of nitrogens with one attached hydrogen (secondary N) is 1. The number of methoxy groups -OCH3 is 2. The zero-order chi connectivity index (χ0) is 27.4. The summed E-state index contributed by atoms with van der Waals surface area (Å²) in [7, 11) is 3.14. The van der Waals surface area contributed by atoms with E-state index in [4.69, 9.17) is 18.9 Å². The van der Waals surface area contributed by atoms with Gasteiger partial charge in [-0.3, -0.25) is 14.8 Å². The number of nitrogens with zero attached hydrogens (tertiary/aromatic N) is 5. The molecule has 39 heavy (non-hydrogen) atoms. The molecule has 5 aromatic rings. The van der Waals surface area contributed by atoms with Crippen molar-refractivity contribution in [3.63, 3.8) is 0 Å². The number of pyridine rings is 3.